The first kappa shape index (κ1) is 15.8. The molecule has 0 amide bonds. The summed E-state index contributed by atoms with van der Waals surface area (Å²) in [6.07, 6.45) is 0. The minimum atomic E-state index is -0.542. The van der Waals surface area contributed by atoms with E-state index in [1.807, 2.05) is 13.0 Å². The van der Waals surface area contributed by atoms with E-state index in [-0.39, 0.29) is 16.8 Å². The Balaban J connectivity index is 2.24. The molecule has 21 heavy (non-hydrogen) atoms. The number of rotatable bonds is 4. The molecule has 0 radical (unpaired) electrons. The van der Waals surface area contributed by atoms with Crippen molar-refractivity contribution in [3.63, 3.8) is 0 Å². The molecule has 0 aliphatic heterocycles. The summed E-state index contributed by atoms with van der Waals surface area (Å²) in [6, 6.07) is 9.54. The molecule has 0 aromatic heterocycles. The van der Waals surface area contributed by atoms with Crippen LogP contribution in [0.2, 0.25) is 5.02 Å². The number of hydrogen-bond acceptors (Lipinski definition) is 4. The van der Waals surface area contributed by atoms with Crippen molar-refractivity contribution >= 4 is 33.2 Å². The molecule has 0 bridgehead atoms. The van der Waals surface area contributed by atoms with Gasteiger partial charge in [-0.1, -0.05) is 33.6 Å². The van der Waals surface area contributed by atoms with Crippen LogP contribution in [0.4, 0.5) is 5.69 Å². The van der Waals surface area contributed by atoms with Gasteiger partial charge in [-0.3, -0.25) is 10.1 Å². The van der Waals surface area contributed by atoms with Gasteiger partial charge in [0.15, 0.2) is 0 Å². The van der Waals surface area contributed by atoms with Crippen LogP contribution in [0.1, 0.15) is 18.5 Å². The zero-order valence-corrected chi connectivity index (χ0v) is 13.4. The van der Waals surface area contributed by atoms with Gasteiger partial charge in [-0.05, 0) is 30.7 Å². The second-order valence-electron chi connectivity index (χ2n) is 4.44. The SMILES string of the molecule is C[C@@H](N)c1ccc(Oc2ccc([N+](=O)[O-])c(Cl)c2)cc1Br. The maximum Gasteiger partial charge on any atom is 0.288 e. The van der Waals surface area contributed by atoms with Crippen molar-refractivity contribution in [1.29, 1.82) is 0 Å². The van der Waals surface area contributed by atoms with Crippen molar-refractivity contribution in [2.45, 2.75) is 13.0 Å². The third-order valence-electron chi connectivity index (χ3n) is 2.81. The average molecular weight is 372 g/mol. The molecular weight excluding hydrogens is 360 g/mol. The Morgan fingerprint density at radius 2 is 1.90 bits per heavy atom. The summed E-state index contributed by atoms with van der Waals surface area (Å²) in [4.78, 5) is 10.2. The van der Waals surface area contributed by atoms with Crippen molar-refractivity contribution in [3.8, 4) is 11.5 Å². The molecule has 1 atom stereocenters. The fourth-order valence-corrected chi connectivity index (χ4v) is 2.73. The lowest BCUT2D eigenvalue weighted by atomic mass is 10.1. The summed E-state index contributed by atoms with van der Waals surface area (Å²) in [5, 5.41) is 10.7. The summed E-state index contributed by atoms with van der Waals surface area (Å²) in [6.45, 7) is 1.89. The molecule has 2 rings (SSSR count). The molecule has 0 aliphatic rings. The Kier molecular flexibility index (Phi) is 4.82. The van der Waals surface area contributed by atoms with Crippen molar-refractivity contribution in [3.05, 3.63) is 61.6 Å². The lowest BCUT2D eigenvalue weighted by Gasteiger charge is -2.11. The molecule has 0 fully saturated rings. The molecule has 2 N–H and O–H groups in total. The normalized spacial score (nSPS) is 12.0. The lowest BCUT2D eigenvalue weighted by Crippen LogP contribution is -2.05. The maximum atomic E-state index is 10.7. The van der Waals surface area contributed by atoms with E-state index in [9.17, 15) is 10.1 Å². The number of ether oxygens (including phenoxy) is 1. The molecule has 0 saturated carbocycles. The average Bonchev–Trinajstić information content (AvgIpc) is 2.37. The second-order valence-corrected chi connectivity index (χ2v) is 5.71. The third kappa shape index (κ3) is 3.72. The van der Waals surface area contributed by atoms with Gasteiger partial charge in [0.2, 0.25) is 0 Å². The van der Waals surface area contributed by atoms with Gasteiger partial charge in [-0.2, -0.15) is 0 Å². The van der Waals surface area contributed by atoms with Crippen molar-refractivity contribution in [2.75, 3.05) is 0 Å². The predicted molar refractivity (Wildman–Crippen MR) is 84.9 cm³/mol. The minimum absolute atomic E-state index is 0.0313. The van der Waals surface area contributed by atoms with E-state index in [0.29, 0.717) is 11.5 Å². The van der Waals surface area contributed by atoms with Gasteiger partial charge in [0, 0.05) is 22.6 Å². The molecule has 0 saturated heterocycles. The van der Waals surface area contributed by atoms with E-state index >= 15 is 0 Å². The van der Waals surface area contributed by atoms with Crippen LogP contribution in [-0.4, -0.2) is 4.92 Å². The van der Waals surface area contributed by atoms with Crippen LogP contribution in [0.15, 0.2) is 40.9 Å². The Bertz CT molecular complexity index is 692. The first-order valence-corrected chi connectivity index (χ1v) is 7.22. The van der Waals surface area contributed by atoms with Crippen LogP contribution >= 0.6 is 27.5 Å². The molecule has 7 heteroatoms. The van der Waals surface area contributed by atoms with Crippen LogP contribution < -0.4 is 10.5 Å². The van der Waals surface area contributed by atoms with Gasteiger partial charge in [0.05, 0.1) is 4.92 Å². The Hall–Kier alpha value is -1.63. The van der Waals surface area contributed by atoms with E-state index in [1.54, 1.807) is 12.1 Å². The van der Waals surface area contributed by atoms with Crippen LogP contribution in [0, 0.1) is 10.1 Å². The largest absolute Gasteiger partial charge is 0.457 e. The molecule has 0 aliphatic carbocycles. The highest BCUT2D eigenvalue weighted by atomic mass is 79.9. The smallest absolute Gasteiger partial charge is 0.288 e. The molecule has 2 aromatic carbocycles. The predicted octanol–water partition coefficient (Wildman–Crippen LogP) is 4.82. The van der Waals surface area contributed by atoms with E-state index in [4.69, 9.17) is 22.1 Å². The number of nitro benzene ring substituents is 1. The molecule has 0 unspecified atom stereocenters. The Morgan fingerprint density at radius 3 is 2.43 bits per heavy atom. The number of benzene rings is 2. The maximum absolute atomic E-state index is 10.7. The van der Waals surface area contributed by atoms with Crippen LogP contribution in [-0.2, 0) is 0 Å². The summed E-state index contributed by atoms with van der Waals surface area (Å²) in [7, 11) is 0. The highest BCUT2D eigenvalue weighted by Crippen LogP contribution is 2.33. The lowest BCUT2D eigenvalue weighted by molar-refractivity contribution is -0.384. The highest BCUT2D eigenvalue weighted by molar-refractivity contribution is 9.10. The zero-order chi connectivity index (χ0) is 15.6. The van der Waals surface area contributed by atoms with E-state index in [1.165, 1.54) is 18.2 Å². The van der Waals surface area contributed by atoms with Crippen molar-refractivity contribution in [1.82, 2.24) is 0 Å². The summed E-state index contributed by atoms with van der Waals surface area (Å²) in [5.41, 5.74) is 6.64. The molecule has 0 heterocycles. The first-order chi connectivity index (χ1) is 9.88. The topological polar surface area (TPSA) is 78.4 Å². The summed E-state index contributed by atoms with van der Waals surface area (Å²) in [5.74, 6) is 1.00. The molecule has 5 nitrogen and oxygen atoms in total. The van der Waals surface area contributed by atoms with Gasteiger partial charge in [-0.25, -0.2) is 0 Å². The van der Waals surface area contributed by atoms with Crippen molar-refractivity contribution < 1.29 is 9.66 Å². The Labute approximate surface area is 134 Å². The van der Waals surface area contributed by atoms with Gasteiger partial charge < -0.3 is 10.5 Å². The minimum Gasteiger partial charge on any atom is -0.457 e. The van der Waals surface area contributed by atoms with E-state index in [2.05, 4.69) is 15.9 Å². The molecule has 110 valence electrons. The molecular formula is C14H12BrClN2O3. The number of nitrogens with zero attached hydrogens (tertiary/aromatic N) is 1. The fourth-order valence-electron chi connectivity index (χ4n) is 1.78. The summed E-state index contributed by atoms with van der Waals surface area (Å²) < 4.78 is 6.47. The van der Waals surface area contributed by atoms with Gasteiger partial charge in [0.25, 0.3) is 5.69 Å². The van der Waals surface area contributed by atoms with Gasteiger partial charge >= 0.3 is 0 Å². The van der Waals surface area contributed by atoms with Crippen LogP contribution in [0.25, 0.3) is 0 Å². The number of nitro groups is 1. The van der Waals surface area contributed by atoms with E-state index < -0.39 is 4.92 Å². The number of nitrogens with two attached hydrogens (primary N) is 1. The van der Waals surface area contributed by atoms with Gasteiger partial charge in [0.1, 0.15) is 16.5 Å². The zero-order valence-electron chi connectivity index (χ0n) is 11.0. The van der Waals surface area contributed by atoms with Gasteiger partial charge in [-0.15, -0.1) is 0 Å². The van der Waals surface area contributed by atoms with Crippen LogP contribution in [0.3, 0.4) is 0 Å². The van der Waals surface area contributed by atoms with Crippen LogP contribution in [0.5, 0.6) is 11.5 Å². The summed E-state index contributed by atoms with van der Waals surface area (Å²) >= 11 is 9.27. The molecule has 0 spiro atoms. The third-order valence-corrected chi connectivity index (χ3v) is 3.80. The first-order valence-electron chi connectivity index (χ1n) is 6.05. The van der Waals surface area contributed by atoms with E-state index in [0.717, 1.165) is 10.0 Å². The standard InChI is InChI=1S/C14H12BrClN2O3/c1-8(17)11-4-2-9(6-12(11)15)21-10-3-5-14(18(19)20)13(16)7-10/h2-8H,17H2,1H3/t8-/m1/s1. The number of hydrogen-bond donors (Lipinski definition) is 1. The number of halogens is 2. The fraction of sp³-hybridized carbons (Fsp3) is 0.143. The quantitative estimate of drug-likeness (QED) is 0.617. The highest BCUT2D eigenvalue weighted by Gasteiger charge is 2.13. The van der Waals surface area contributed by atoms with Crippen molar-refractivity contribution in [2.24, 2.45) is 5.73 Å². The Morgan fingerprint density at radius 1 is 1.29 bits per heavy atom. The monoisotopic (exact) mass is 370 g/mol. The molecule has 2 aromatic rings. The second kappa shape index (κ2) is 6.43.